The molecule has 2 aromatic rings. The molecular formula is C14H15N3OS. The van der Waals surface area contributed by atoms with Gasteiger partial charge in [0.05, 0.1) is 11.3 Å². The maximum atomic E-state index is 11.3. The summed E-state index contributed by atoms with van der Waals surface area (Å²) in [5.74, 6) is 5.50. The van der Waals surface area contributed by atoms with Gasteiger partial charge in [-0.25, -0.2) is 5.84 Å². The number of rotatable bonds is 4. The molecular weight excluding hydrogens is 258 g/mol. The van der Waals surface area contributed by atoms with Gasteiger partial charge in [0.25, 0.3) is 5.91 Å². The van der Waals surface area contributed by atoms with Crippen LogP contribution in [-0.2, 0) is 5.75 Å². The lowest BCUT2D eigenvalue weighted by molar-refractivity contribution is 0.0953. The van der Waals surface area contributed by atoms with Crippen molar-refractivity contribution in [2.24, 2.45) is 5.84 Å². The molecule has 0 radical (unpaired) electrons. The third-order valence-electron chi connectivity index (χ3n) is 2.63. The third-order valence-corrected chi connectivity index (χ3v) is 3.67. The fourth-order valence-corrected chi connectivity index (χ4v) is 2.33. The molecule has 5 heteroatoms. The fourth-order valence-electron chi connectivity index (χ4n) is 1.52. The minimum Gasteiger partial charge on any atom is -0.290 e. The summed E-state index contributed by atoms with van der Waals surface area (Å²) < 4.78 is 0. The van der Waals surface area contributed by atoms with Gasteiger partial charge in [-0.1, -0.05) is 17.7 Å². The second-order valence-electron chi connectivity index (χ2n) is 4.11. The van der Waals surface area contributed by atoms with E-state index in [0.29, 0.717) is 5.56 Å². The van der Waals surface area contributed by atoms with E-state index in [1.807, 2.05) is 6.07 Å². The summed E-state index contributed by atoms with van der Waals surface area (Å²) in [4.78, 5) is 16.7. The lowest BCUT2D eigenvalue weighted by atomic mass is 10.2. The number of aryl methyl sites for hydroxylation is 1. The molecule has 0 aliphatic rings. The van der Waals surface area contributed by atoms with Gasteiger partial charge in [-0.2, -0.15) is 0 Å². The van der Waals surface area contributed by atoms with E-state index in [1.54, 1.807) is 17.8 Å². The van der Waals surface area contributed by atoms with Gasteiger partial charge in [0, 0.05) is 16.8 Å². The Labute approximate surface area is 116 Å². The minimum absolute atomic E-state index is 0.328. The largest absolute Gasteiger partial charge is 0.290 e. The van der Waals surface area contributed by atoms with Gasteiger partial charge in [-0.05, 0) is 31.2 Å². The van der Waals surface area contributed by atoms with Gasteiger partial charge in [-0.3, -0.25) is 15.2 Å². The number of hydrogen-bond donors (Lipinski definition) is 2. The number of benzene rings is 1. The van der Waals surface area contributed by atoms with Crippen LogP contribution in [0, 0.1) is 6.92 Å². The molecule has 0 saturated heterocycles. The normalized spacial score (nSPS) is 10.2. The van der Waals surface area contributed by atoms with Crippen molar-refractivity contribution in [3.8, 4) is 0 Å². The van der Waals surface area contributed by atoms with Gasteiger partial charge in [0.2, 0.25) is 0 Å². The number of carbonyl (C=O) groups is 1. The van der Waals surface area contributed by atoms with E-state index in [9.17, 15) is 4.79 Å². The van der Waals surface area contributed by atoms with Crippen LogP contribution < -0.4 is 11.3 Å². The molecule has 0 fully saturated rings. The average Bonchev–Trinajstić information content (AvgIpc) is 2.46. The summed E-state index contributed by atoms with van der Waals surface area (Å²) in [6, 6.07) is 11.9. The van der Waals surface area contributed by atoms with Crippen molar-refractivity contribution in [3.05, 3.63) is 59.4 Å². The predicted octanol–water partition coefficient (Wildman–Crippen LogP) is 2.29. The standard InChI is InChI=1S/C14H15N3OS/c1-10-2-6-13(7-3-10)19-9-12-5-4-11(8-16-12)14(18)17-15/h2-8H,9,15H2,1H3,(H,17,18). The van der Waals surface area contributed by atoms with Crippen LogP contribution in [0.1, 0.15) is 21.6 Å². The summed E-state index contributed by atoms with van der Waals surface area (Å²) in [5.41, 5.74) is 4.72. The molecule has 0 aliphatic carbocycles. The Kier molecular flexibility index (Phi) is 4.54. The van der Waals surface area contributed by atoms with Gasteiger partial charge >= 0.3 is 0 Å². The first-order valence-electron chi connectivity index (χ1n) is 5.84. The number of amides is 1. The molecule has 0 saturated carbocycles. The Balaban J connectivity index is 1.96. The van der Waals surface area contributed by atoms with E-state index in [4.69, 9.17) is 5.84 Å². The molecule has 0 unspecified atom stereocenters. The van der Waals surface area contributed by atoms with Crippen LogP contribution in [0.5, 0.6) is 0 Å². The minimum atomic E-state index is -0.328. The van der Waals surface area contributed by atoms with Crippen molar-refractivity contribution in [3.63, 3.8) is 0 Å². The molecule has 98 valence electrons. The summed E-state index contributed by atoms with van der Waals surface area (Å²) in [7, 11) is 0. The lowest BCUT2D eigenvalue weighted by Gasteiger charge is -2.03. The Morgan fingerprint density at radius 2 is 2.00 bits per heavy atom. The quantitative estimate of drug-likeness (QED) is 0.388. The van der Waals surface area contributed by atoms with Crippen LogP contribution in [0.15, 0.2) is 47.5 Å². The SMILES string of the molecule is Cc1ccc(SCc2ccc(C(=O)NN)cn2)cc1. The van der Waals surface area contributed by atoms with Gasteiger partial charge < -0.3 is 0 Å². The highest BCUT2D eigenvalue weighted by Crippen LogP contribution is 2.22. The number of hydrogen-bond acceptors (Lipinski definition) is 4. The zero-order valence-corrected chi connectivity index (χ0v) is 11.4. The Bertz CT molecular complexity index is 552. The number of nitrogens with one attached hydrogen (secondary N) is 1. The van der Waals surface area contributed by atoms with Gasteiger partial charge in [-0.15, -0.1) is 11.8 Å². The van der Waals surface area contributed by atoms with Crippen LogP contribution in [0.2, 0.25) is 0 Å². The second-order valence-corrected chi connectivity index (χ2v) is 5.16. The Hall–Kier alpha value is -1.85. The van der Waals surface area contributed by atoms with E-state index in [2.05, 4.69) is 41.6 Å². The molecule has 0 atom stereocenters. The van der Waals surface area contributed by atoms with Crippen LogP contribution in [0.25, 0.3) is 0 Å². The summed E-state index contributed by atoms with van der Waals surface area (Å²) in [5, 5.41) is 0. The number of nitrogen functional groups attached to an aromatic ring is 1. The number of aromatic nitrogens is 1. The first kappa shape index (κ1) is 13.6. The van der Waals surface area contributed by atoms with Crippen molar-refractivity contribution in [1.82, 2.24) is 10.4 Å². The number of pyridine rings is 1. The second kappa shape index (κ2) is 6.36. The monoisotopic (exact) mass is 273 g/mol. The molecule has 0 spiro atoms. The maximum absolute atomic E-state index is 11.3. The molecule has 3 N–H and O–H groups in total. The van der Waals surface area contributed by atoms with Crippen LogP contribution in [-0.4, -0.2) is 10.9 Å². The highest BCUT2D eigenvalue weighted by molar-refractivity contribution is 7.98. The maximum Gasteiger partial charge on any atom is 0.266 e. The molecule has 1 aromatic heterocycles. The van der Waals surface area contributed by atoms with Crippen molar-refractivity contribution >= 4 is 17.7 Å². The van der Waals surface area contributed by atoms with Crippen LogP contribution >= 0.6 is 11.8 Å². The molecule has 2 rings (SSSR count). The van der Waals surface area contributed by atoms with E-state index in [0.717, 1.165) is 11.4 Å². The molecule has 4 nitrogen and oxygen atoms in total. The fraction of sp³-hybridized carbons (Fsp3) is 0.143. The van der Waals surface area contributed by atoms with Gasteiger partial charge in [0.1, 0.15) is 0 Å². The lowest BCUT2D eigenvalue weighted by Crippen LogP contribution is -2.30. The van der Waals surface area contributed by atoms with Crippen molar-refractivity contribution < 1.29 is 4.79 Å². The highest BCUT2D eigenvalue weighted by atomic mass is 32.2. The topological polar surface area (TPSA) is 68.0 Å². The van der Waals surface area contributed by atoms with E-state index < -0.39 is 0 Å². The Morgan fingerprint density at radius 1 is 1.26 bits per heavy atom. The molecule has 0 aliphatic heterocycles. The zero-order valence-electron chi connectivity index (χ0n) is 10.6. The van der Waals surface area contributed by atoms with E-state index >= 15 is 0 Å². The molecule has 1 aromatic carbocycles. The zero-order chi connectivity index (χ0) is 13.7. The predicted molar refractivity (Wildman–Crippen MR) is 76.6 cm³/mol. The molecule has 19 heavy (non-hydrogen) atoms. The smallest absolute Gasteiger partial charge is 0.266 e. The number of nitrogens with two attached hydrogens (primary N) is 1. The van der Waals surface area contributed by atoms with Crippen LogP contribution in [0.4, 0.5) is 0 Å². The van der Waals surface area contributed by atoms with E-state index in [-0.39, 0.29) is 5.91 Å². The number of carbonyl (C=O) groups excluding carboxylic acids is 1. The summed E-state index contributed by atoms with van der Waals surface area (Å²) in [6.45, 7) is 2.07. The third kappa shape index (κ3) is 3.81. The molecule has 1 amide bonds. The van der Waals surface area contributed by atoms with Crippen molar-refractivity contribution in [1.29, 1.82) is 0 Å². The first-order chi connectivity index (χ1) is 9.19. The Morgan fingerprint density at radius 3 is 2.58 bits per heavy atom. The van der Waals surface area contributed by atoms with Crippen molar-refractivity contribution in [2.75, 3.05) is 0 Å². The number of hydrazine groups is 1. The summed E-state index contributed by atoms with van der Waals surface area (Å²) in [6.07, 6.45) is 1.53. The highest BCUT2D eigenvalue weighted by Gasteiger charge is 2.04. The average molecular weight is 273 g/mol. The number of nitrogens with zero attached hydrogens (tertiary/aromatic N) is 1. The molecule has 0 bridgehead atoms. The number of thioether (sulfide) groups is 1. The molecule has 1 heterocycles. The first-order valence-corrected chi connectivity index (χ1v) is 6.83. The van der Waals surface area contributed by atoms with Crippen LogP contribution in [0.3, 0.4) is 0 Å². The summed E-state index contributed by atoms with van der Waals surface area (Å²) >= 11 is 1.71. The van der Waals surface area contributed by atoms with E-state index in [1.165, 1.54) is 16.7 Å². The van der Waals surface area contributed by atoms with Crippen molar-refractivity contribution in [2.45, 2.75) is 17.6 Å². The van der Waals surface area contributed by atoms with Gasteiger partial charge in [0.15, 0.2) is 0 Å².